The smallest absolute Gasteiger partial charge is 0.338 e. The van der Waals surface area contributed by atoms with Crippen molar-refractivity contribution in [2.24, 2.45) is 0 Å². The van der Waals surface area contributed by atoms with Crippen LogP contribution in [0.4, 0.5) is 0 Å². The molecule has 2 aliphatic heterocycles. The van der Waals surface area contributed by atoms with Crippen LogP contribution in [0.3, 0.4) is 0 Å². The summed E-state index contributed by atoms with van der Waals surface area (Å²) in [7, 11) is 1.58. The minimum absolute atomic E-state index is 0.0743. The largest absolute Gasteiger partial charge is 0.497 e. The van der Waals surface area contributed by atoms with Gasteiger partial charge in [-0.3, -0.25) is 14.5 Å². The summed E-state index contributed by atoms with van der Waals surface area (Å²) in [4.78, 5) is 42.9. The highest BCUT2D eigenvalue weighted by molar-refractivity contribution is 6.11. The average Bonchev–Trinajstić information content (AvgIpc) is 2.97. The van der Waals surface area contributed by atoms with E-state index in [2.05, 4.69) is 5.32 Å². The number of Topliss-reactive ketones (excluding diaryl/α,β-unsaturated/α-hetero) is 1. The van der Waals surface area contributed by atoms with E-state index in [4.69, 9.17) is 9.47 Å². The SMILES string of the molecule is CCOC(=O)C1=C(C)NC2=C(C(=O)c3ccccc3)C(c3ccccc3)CC(=O)N2C1c1ccc(OC)cc1. The lowest BCUT2D eigenvalue weighted by molar-refractivity contribution is -0.140. The number of allylic oxidation sites excluding steroid dienone is 2. The number of carbonyl (C=O) groups is 3. The molecule has 0 aliphatic carbocycles. The fourth-order valence-electron chi connectivity index (χ4n) is 5.33. The number of esters is 1. The van der Waals surface area contributed by atoms with Crippen molar-refractivity contribution in [1.82, 2.24) is 10.2 Å². The van der Waals surface area contributed by atoms with Gasteiger partial charge in [0, 0.05) is 29.2 Å². The highest BCUT2D eigenvalue weighted by Gasteiger charge is 2.46. The van der Waals surface area contributed by atoms with Gasteiger partial charge in [-0.1, -0.05) is 72.8 Å². The van der Waals surface area contributed by atoms with E-state index >= 15 is 0 Å². The number of benzene rings is 3. The minimum atomic E-state index is -0.783. The molecule has 0 fully saturated rings. The van der Waals surface area contributed by atoms with Gasteiger partial charge in [-0.25, -0.2) is 4.79 Å². The summed E-state index contributed by atoms with van der Waals surface area (Å²) in [6.45, 7) is 3.70. The summed E-state index contributed by atoms with van der Waals surface area (Å²) in [5, 5.41) is 3.28. The molecule has 0 bridgehead atoms. The maximum absolute atomic E-state index is 14.1. The molecule has 2 heterocycles. The second-order valence-corrected chi connectivity index (χ2v) is 9.45. The lowest BCUT2D eigenvalue weighted by atomic mass is 9.79. The van der Waals surface area contributed by atoms with Gasteiger partial charge in [-0.05, 0) is 37.1 Å². The number of rotatable bonds is 7. The Labute approximate surface area is 227 Å². The van der Waals surface area contributed by atoms with E-state index < -0.39 is 17.9 Å². The number of ether oxygens (including phenoxy) is 2. The summed E-state index contributed by atoms with van der Waals surface area (Å²) in [5.41, 5.74) is 3.43. The molecule has 0 saturated heterocycles. The number of fused-ring (bicyclic) bond motifs is 1. The fourth-order valence-corrected chi connectivity index (χ4v) is 5.33. The van der Waals surface area contributed by atoms with Crippen LogP contribution in [0.25, 0.3) is 0 Å². The van der Waals surface area contributed by atoms with Crippen molar-refractivity contribution >= 4 is 17.7 Å². The first-order valence-corrected chi connectivity index (χ1v) is 12.9. The predicted molar refractivity (Wildman–Crippen MR) is 147 cm³/mol. The molecule has 1 amide bonds. The molecule has 2 atom stereocenters. The van der Waals surface area contributed by atoms with E-state index in [1.165, 1.54) is 0 Å². The Hall–Kier alpha value is -4.65. The second-order valence-electron chi connectivity index (χ2n) is 9.45. The Balaban J connectivity index is 1.76. The number of nitrogens with one attached hydrogen (secondary N) is 1. The molecular formula is C32H30N2O5. The first-order chi connectivity index (χ1) is 18.9. The van der Waals surface area contributed by atoms with E-state index in [0.29, 0.717) is 39.5 Å². The topological polar surface area (TPSA) is 84.9 Å². The van der Waals surface area contributed by atoms with E-state index in [9.17, 15) is 14.4 Å². The second kappa shape index (κ2) is 11.0. The van der Waals surface area contributed by atoms with Crippen molar-refractivity contribution < 1.29 is 23.9 Å². The number of methoxy groups -OCH3 is 1. The van der Waals surface area contributed by atoms with Crippen LogP contribution in [0.2, 0.25) is 0 Å². The molecule has 39 heavy (non-hydrogen) atoms. The molecule has 3 aromatic rings. The van der Waals surface area contributed by atoms with Gasteiger partial charge in [0.1, 0.15) is 11.6 Å². The highest BCUT2D eigenvalue weighted by atomic mass is 16.5. The zero-order valence-electron chi connectivity index (χ0n) is 22.1. The van der Waals surface area contributed by atoms with Crippen molar-refractivity contribution in [1.29, 1.82) is 0 Å². The third-order valence-corrected chi connectivity index (χ3v) is 7.14. The van der Waals surface area contributed by atoms with Gasteiger partial charge in [0.15, 0.2) is 5.78 Å². The molecule has 1 N–H and O–H groups in total. The molecule has 2 aliphatic rings. The van der Waals surface area contributed by atoms with Crippen molar-refractivity contribution in [3.8, 4) is 5.75 Å². The van der Waals surface area contributed by atoms with Crippen LogP contribution in [0.5, 0.6) is 5.75 Å². The van der Waals surface area contributed by atoms with Crippen LogP contribution in [0, 0.1) is 0 Å². The maximum Gasteiger partial charge on any atom is 0.338 e. The molecule has 0 aromatic heterocycles. The normalized spacial score (nSPS) is 18.8. The van der Waals surface area contributed by atoms with Gasteiger partial charge in [0.25, 0.3) is 0 Å². The van der Waals surface area contributed by atoms with Crippen molar-refractivity contribution in [3.05, 3.63) is 124 Å². The fraction of sp³-hybridized carbons (Fsp3) is 0.219. The Bertz CT molecular complexity index is 1460. The summed E-state index contributed by atoms with van der Waals surface area (Å²) >= 11 is 0. The Morgan fingerprint density at radius 1 is 0.897 bits per heavy atom. The van der Waals surface area contributed by atoms with Gasteiger partial charge in [0.05, 0.1) is 25.3 Å². The van der Waals surface area contributed by atoms with Crippen LogP contribution >= 0.6 is 0 Å². The third kappa shape index (κ3) is 4.83. The number of ketones is 1. The van der Waals surface area contributed by atoms with Crippen molar-refractivity contribution in [2.45, 2.75) is 32.2 Å². The van der Waals surface area contributed by atoms with Crippen molar-refractivity contribution in [3.63, 3.8) is 0 Å². The van der Waals surface area contributed by atoms with Crippen LogP contribution in [0.15, 0.2) is 108 Å². The Kier molecular flexibility index (Phi) is 7.32. The molecule has 5 rings (SSSR count). The lowest BCUT2D eigenvalue weighted by Crippen LogP contribution is -2.50. The summed E-state index contributed by atoms with van der Waals surface area (Å²) < 4.78 is 10.7. The quantitative estimate of drug-likeness (QED) is 0.335. The highest BCUT2D eigenvalue weighted by Crippen LogP contribution is 2.46. The monoisotopic (exact) mass is 522 g/mol. The van der Waals surface area contributed by atoms with E-state index in [-0.39, 0.29) is 24.7 Å². The van der Waals surface area contributed by atoms with Crippen molar-refractivity contribution in [2.75, 3.05) is 13.7 Å². The standard InChI is InChI=1S/C32H30N2O5/c1-4-39-32(37)27-20(2)33-31-28(30(36)23-13-9-6-10-14-23)25(21-11-7-5-8-12-21)19-26(35)34(31)29(27)22-15-17-24(38-3)18-16-22/h5-18,25,29,33H,4,19H2,1-3H3. The molecule has 0 radical (unpaired) electrons. The van der Waals surface area contributed by atoms with E-state index in [1.54, 1.807) is 50.1 Å². The molecular weight excluding hydrogens is 492 g/mol. The molecule has 3 aromatic carbocycles. The predicted octanol–water partition coefficient (Wildman–Crippen LogP) is 5.29. The number of carbonyl (C=O) groups excluding carboxylic acids is 3. The molecule has 7 heteroatoms. The zero-order valence-corrected chi connectivity index (χ0v) is 22.1. The van der Waals surface area contributed by atoms with Gasteiger partial charge < -0.3 is 14.8 Å². The molecule has 7 nitrogen and oxygen atoms in total. The molecule has 0 spiro atoms. The maximum atomic E-state index is 14.1. The summed E-state index contributed by atoms with van der Waals surface area (Å²) in [6.07, 6.45) is 0.0743. The number of amides is 1. The van der Waals surface area contributed by atoms with Gasteiger partial charge >= 0.3 is 5.97 Å². The van der Waals surface area contributed by atoms with Crippen LogP contribution in [-0.2, 0) is 14.3 Å². The van der Waals surface area contributed by atoms with E-state index in [0.717, 1.165) is 5.56 Å². The Morgan fingerprint density at radius 3 is 2.15 bits per heavy atom. The van der Waals surface area contributed by atoms with Gasteiger partial charge in [-0.2, -0.15) is 0 Å². The first-order valence-electron chi connectivity index (χ1n) is 12.9. The zero-order chi connectivity index (χ0) is 27.5. The molecule has 0 saturated carbocycles. The third-order valence-electron chi connectivity index (χ3n) is 7.14. The summed E-state index contributed by atoms with van der Waals surface area (Å²) in [5.74, 6) is -0.317. The minimum Gasteiger partial charge on any atom is -0.497 e. The number of hydrogen-bond acceptors (Lipinski definition) is 6. The van der Waals surface area contributed by atoms with Crippen LogP contribution in [-0.4, -0.2) is 36.3 Å². The number of nitrogens with zero attached hydrogens (tertiary/aromatic N) is 1. The summed E-state index contributed by atoms with van der Waals surface area (Å²) in [6, 6.07) is 25.1. The van der Waals surface area contributed by atoms with Gasteiger partial charge in [-0.15, -0.1) is 0 Å². The van der Waals surface area contributed by atoms with Crippen LogP contribution in [0.1, 0.15) is 53.7 Å². The number of hydrogen-bond donors (Lipinski definition) is 1. The first kappa shape index (κ1) is 26.0. The molecule has 198 valence electrons. The molecule has 2 unspecified atom stereocenters. The lowest BCUT2D eigenvalue weighted by Gasteiger charge is -2.44. The van der Waals surface area contributed by atoms with Gasteiger partial charge in [0.2, 0.25) is 5.91 Å². The van der Waals surface area contributed by atoms with E-state index in [1.807, 2.05) is 60.7 Å². The van der Waals surface area contributed by atoms with Crippen LogP contribution < -0.4 is 10.1 Å². The average molecular weight is 523 g/mol. The Morgan fingerprint density at radius 2 is 1.54 bits per heavy atom.